The number of rotatable bonds is 7. The van der Waals surface area contributed by atoms with E-state index in [0.717, 1.165) is 11.1 Å². The first kappa shape index (κ1) is 13.4. The third-order valence-corrected chi connectivity index (χ3v) is 2.38. The molecule has 0 bridgehead atoms. The zero-order chi connectivity index (χ0) is 12.7. The van der Waals surface area contributed by atoms with E-state index in [1.807, 2.05) is 18.2 Å². The summed E-state index contributed by atoms with van der Waals surface area (Å²) < 4.78 is 5.06. The number of nitrogens with one attached hydrogen (secondary N) is 1. The molecule has 0 amide bonds. The van der Waals surface area contributed by atoms with Crippen LogP contribution in [0.5, 0.6) is 0 Å². The quantitative estimate of drug-likeness (QED) is 0.707. The number of hydrogen-bond donors (Lipinski definition) is 2. The maximum Gasteiger partial charge on any atom is 0.325 e. The lowest BCUT2D eigenvalue weighted by molar-refractivity contribution is -0.139. The smallest absolute Gasteiger partial charge is 0.325 e. The van der Waals surface area contributed by atoms with Gasteiger partial charge in [-0.2, -0.15) is 0 Å². The Morgan fingerprint density at radius 3 is 2.88 bits per heavy atom. The van der Waals surface area contributed by atoms with Gasteiger partial charge >= 0.3 is 5.97 Å². The van der Waals surface area contributed by atoms with Crippen molar-refractivity contribution in [3.63, 3.8) is 0 Å². The highest BCUT2D eigenvalue weighted by Crippen LogP contribution is 2.19. The van der Waals surface area contributed by atoms with Crippen molar-refractivity contribution in [3.05, 3.63) is 48.0 Å². The third kappa shape index (κ3) is 3.69. The van der Waals surface area contributed by atoms with E-state index in [9.17, 15) is 9.90 Å². The minimum Gasteiger partial charge on any atom is -0.480 e. The number of hydrogen-bond acceptors (Lipinski definition) is 3. The molecule has 0 fully saturated rings. The second-order valence-electron chi connectivity index (χ2n) is 3.60. The van der Waals surface area contributed by atoms with E-state index in [4.69, 9.17) is 4.74 Å². The van der Waals surface area contributed by atoms with Gasteiger partial charge in [0.25, 0.3) is 0 Å². The van der Waals surface area contributed by atoms with E-state index in [0.29, 0.717) is 13.2 Å². The van der Waals surface area contributed by atoms with Crippen LogP contribution in [-0.2, 0) is 16.1 Å². The van der Waals surface area contributed by atoms with Crippen LogP contribution in [0.15, 0.2) is 36.9 Å². The van der Waals surface area contributed by atoms with Gasteiger partial charge < -0.3 is 9.84 Å². The highest BCUT2D eigenvalue weighted by atomic mass is 16.5. The van der Waals surface area contributed by atoms with Crippen LogP contribution in [0.2, 0.25) is 0 Å². The van der Waals surface area contributed by atoms with E-state index in [1.165, 1.54) is 0 Å². The predicted molar refractivity (Wildman–Crippen MR) is 65.7 cm³/mol. The van der Waals surface area contributed by atoms with Crippen molar-refractivity contribution in [2.45, 2.75) is 12.6 Å². The number of carboxylic acids is 1. The van der Waals surface area contributed by atoms with Gasteiger partial charge in [-0.1, -0.05) is 30.3 Å². The zero-order valence-electron chi connectivity index (χ0n) is 9.85. The Morgan fingerprint density at radius 2 is 2.29 bits per heavy atom. The van der Waals surface area contributed by atoms with Crippen molar-refractivity contribution in [2.75, 3.05) is 13.7 Å². The SMILES string of the molecule is C=CCNC(C(=O)O)c1ccccc1COC. The zero-order valence-corrected chi connectivity index (χ0v) is 9.85. The van der Waals surface area contributed by atoms with Crippen LogP contribution in [0.4, 0.5) is 0 Å². The summed E-state index contributed by atoms with van der Waals surface area (Å²) >= 11 is 0. The molecule has 1 rings (SSSR count). The lowest BCUT2D eigenvalue weighted by Crippen LogP contribution is -2.29. The van der Waals surface area contributed by atoms with Gasteiger partial charge in [0.2, 0.25) is 0 Å². The Bertz CT molecular complexity index is 390. The molecule has 2 N–H and O–H groups in total. The molecule has 0 aliphatic rings. The summed E-state index contributed by atoms with van der Waals surface area (Å²) in [6.07, 6.45) is 1.63. The van der Waals surface area contributed by atoms with Gasteiger partial charge in [-0.3, -0.25) is 10.1 Å². The normalized spacial score (nSPS) is 12.1. The summed E-state index contributed by atoms with van der Waals surface area (Å²) in [5.74, 6) is -0.907. The Labute approximate surface area is 101 Å². The fourth-order valence-corrected chi connectivity index (χ4v) is 1.63. The second kappa shape index (κ2) is 6.83. The molecule has 0 saturated carbocycles. The molecule has 0 aromatic heterocycles. The Morgan fingerprint density at radius 1 is 1.59 bits per heavy atom. The predicted octanol–water partition coefficient (Wildman–Crippen LogP) is 1.73. The van der Waals surface area contributed by atoms with Gasteiger partial charge in [0.15, 0.2) is 0 Å². The minimum absolute atomic E-state index is 0.399. The molecule has 1 aromatic carbocycles. The van der Waals surface area contributed by atoms with Gasteiger partial charge in [0.1, 0.15) is 6.04 Å². The average Bonchev–Trinajstić information content (AvgIpc) is 2.31. The van der Waals surface area contributed by atoms with E-state index >= 15 is 0 Å². The molecule has 17 heavy (non-hydrogen) atoms. The highest BCUT2D eigenvalue weighted by molar-refractivity contribution is 5.76. The van der Waals surface area contributed by atoms with E-state index in [-0.39, 0.29) is 0 Å². The van der Waals surface area contributed by atoms with Gasteiger partial charge in [-0.25, -0.2) is 0 Å². The number of aliphatic carboxylic acids is 1. The molecule has 92 valence electrons. The molecular weight excluding hydrogens is 218 g/mol. The number of carbonyl (C=O) groups is 1. The van der Waals surface area contributed by atoms with Crippen molar-refractivity contribution >= 4 is 5.97 Å². The van der Waals surface area contributed by atoms with Crippen molar-refractivity contribution < 1.29 is 14.6 Å². The first-order valence-corrected chi connectivity index (χ1v) is 5.34. The van der Waals surface area contributed by atoms with Crippen LogP contribution in [0.3, 0.4) is 0 Å². The average molecular weight is 235 g/mol. The van der Waals surface area contributed by atoms with E-state index < -0.39 is 12.0 Å². The highest BCUT2D eigenvalue weighted by Gasteiger charge is 2.20. The van der Waals surface area contributed by atoms with Gasteiger partial charge in [-0.05, 0) is 11.1 Å². The molecule has 0 radical (unpaired) electrons. The Hall–Kier alpha value is -1.65. The minimum atomic E-state index is -0.907. The molecule has 4 heteroatoms. The van der Waals surface area contributed by atoms with Crippen LogP contribution < -0.4 is 5.32 Å². The van der Waals surface area contributed by atoms with E-state index in [1.54, 1.807) is 19.3 Å². The van der Waals surface area contributed by atoms with Crippen molar-refractivity contribution in [1.29, 1.82) is 0 Å². The van der Waals surface area contributed by atoms with Crippen LogP contribution in [0.25, 0.3) is 0 Å². The molecule has 0 aliphatic carbocycles. The topological polar surface area (TPSA) is 58.6 Å². The second-order valence-corrected chi connectivity index (χ2v) is 3.60. The molecule has 0 heterocycles. The summed E-state index contributed by atoms with van der Waals surface area (Å²) in [4.78, 5) is 11.2. The van der Waals surface area contributed by atoms with Crippen LogP contribution >= 0.6 is 0 Å². The van der Waals surface area contributed by atoms with Gasteiger partial charge in [0, 0.05) is 13.7 Å². The first-order valence-electron chi connectivity index (χ1n) is 5.34. The van der Waals surface area contributed by atoms with Crippen LogP contribution in [0, 0.1) is 0 Å². The molecule has 1 unspecified atom stereocenters. The fraction of sp³-hybridized carbons (Fsp3) is 0.308. The summed E-state index contributed by atoms with van der Waals surface area (Å²) in [7, 11) is 1.59. The molecule has 0 saturated heterocycles. The molecule has 0 aliphatic heterocycles. The summed E-state index contributed by atoms with van der Waals surface area (Å²) in [6, 6.07) is 6.61. The van der Waals surface area contributed by atoms with Crippen LogP contribution in [0.1, 0.15) is 17.2 Å². The molecule has 1 aromatic rings. The summed E-state index contributed by atoms with van der Waals surface area (Å²) in [5, 5.41) is 12.1. The molecule has 1 atom stereocenters. The lowest BCUT2D eigenvalue weighted by atomic mass is 10.0. The standard InChI is InChI=1S/C13H17NO3/c1-3-8-14-12(13(15)16)11-7-5-4-6-10(11)9-17-2/h3-7,12,14H,1,8-9H2,2H3,(H,15,16). The van der Waals surface area contributed by atoms with Crippen LogP contribution in [-0.4, -0.2) is 24.7 Å². The number of ether oxygens (including phenoxy) is 1. The molecule has 4 nitrogen and oxygen atoms in total. The summed E-state index contributed by atoms with van der Waals surface area (Å²) in [6.45, 7) is 4.41. The Kier molecular flexibility index (Phi) is 5.39. The Balaban J connectivity index is 2.99. The maximum absolute atomic E-state index is 11.2. The third-order valence-electron chi connectivity index (χ3n) is 2.38. The number of benzene rings is 1. The monoisotopic (exact) mass is 235 g/mol. The van der Waals surface area contributed by atoms with Crippen molar-refractivity contribution in [3.8, 4) is 0 Å². The maximum atomic E-state index is 11.2. The summed E-state index contributed by atoms with van der Waals surface area (Å²) in [5.41, 5.74) is 1.60. The largest absolute Gasteiger partial charge is 0.480 e. The van der Waals surface area contributed by atoms with Gasteiger partial charge in [0.05, 0.1) is 6.61 Å². The first-order chi connectivity index (χ1) is 8.20. The fourth-order valence-electron chi connectivity index (χ4n) is 1.63. The molecule has 0 spiro atoms. The number of methoxy groups -OCH3 is 1. The van der Waals surface area contributed by atoms with Crippen molar-refractivity contribution in [2.24, 2.45) is 0 Å². The van der Waals surface area contributed by atoms with Gasteiger partial charge in [-0.15, -0.1) is 6.58 Å². The lowest BCUT2D eigenvalue weighted by Gasteiger charge is -2.17. The van der Waals surface area contributed by atoms with E-state index in [2.05, 4.69) is 11.9 Å². The molecular formula is C13H17NO3. The van der Waals surface area contributed by atoms with Crippen molar-refractivity contribution in [1.82, 2.24) is 5.32 Å². The number of carboxylic acid groups (broad SMARTS) is 1.